The van der Waals surface area contributed by atoms with Crippen molar-refractivity contribution in [2.45, 2.75) is 33.1 Å². The van der Waals surface area contributed by atoms with E-state index in [4.69, 9.17) is 0 Å². The zero-order valence-corrected chi connectivity index (χ0v) is 17.8. The fraction of sp³-hybridized carbons (Fsp3) is 0.933. The maximum atomic E-state index is 11.1. The third-order valence-corrected chi connectivity index (χ3v) is 4.83. The van der Waals surface area contributed by atoms with Gasteiger partial charge in [-0.15, -0.1) is 24.0 Å². The Kier molecular flexibility index (Phi) is 12.2. The van der Waals surface area contributed by atoms with E-state index >= 15 is 0 Å². The van der Waals surface area contributed by atoms with E-state index in [1.807, 2.05) is 6.92 Å². The lowest BCUT2D eigenvalue weighted by molar-refractivity contribution is 0.192. The summed E-state index contributed by atoms with van der Waals surface area (Å²) in [5.41, 5.74) is 0. The highest BCUT2D eigenvalue weighted by Crippen LogP contribution is 2.15. The molecule has 138 valence electrons. The van der Waals surface area contributed by atoms with Crippen molar-refractivity contribution in [3.05, 3.63) is 0 Å². The molecule has 8 heteroatoms. The number of hydrogen-bond donors (Lipinski definition) is 2. The fourth-order valence-corrected chi connectivity index (χ4v) is 2.94. The Morgan fingerprint density at radius 1 is 1.26 bits per heavy atom. The third kappa shape index (κ3) is 12.0. The number of nitrogens with zero attached hydrogens (tertiary/aromatic N) is 2. The van der Waals surface area contributed by atoms with Gasteiger partial charge in [-0.3, -0.25) is 4.99 Å². The molecule has 0 aromatic rings. The summed E-state index contributed by atoms with van der Waals surface area (Å²) in [5.74, 6) is 1.70. The van der Waals surface area contributed by atoms with Gasteiger partial charge in [-0.05, 0) is 51.7 Å². The molecule has 0 radical (unpaired) electrons. The Morgan fingerprint density at radius 2 is 1.91 bits per heavy atom. The van der Waals surface area contributed by atoms with E-state index in [1.165, 1.54) is 32.2 Å². The molecule has 0 aliphatic carbocycles. The first kappa shape index (κ1) is 22.9. The van der Waals surface area contributed by atoms with E-state index < -0.39 is 9.84 Å². The molecule has 0 aromatic carbocycles. The fourth-order valence-electron chi connectivity index (χ4n) is 2.47. The van der Waals surface area contributed by atoms with Gasteiger partial charge in [0.25, 0.3) is 0 Å². The predicted molar refractivity (Wildman–Crippen MR) is 109 cm³/mol. The Morgan fingerprint density at radius 3 is 2.48 bits per heavy atom. The monoisotopic (exact) mass is 460 g/mol. The number of rotatable bonds is 8. The maximum Gasteiger partial charge on any atom is 0.191 e. The van der Waals surface area contributed by atoms with E-state index in [-0.39, 0.29) is 29.7 Å². The van der Waals surface area contributed by atoms with Crippen LogP contribution in [0.1, 0.15) is 33.1 Å². The minimum atomic E-state index is -2.93. The van der Waals surface area contributed by atoms with E-state index in [1.54, 1.807) is 0 Å². The van der Waals surface area contributed by atoms with Crippen LogP contribution in [0.4, 0.5) is 0 Å². The molecule has 0 atom stereocenters. The number of hydrogen-bond acceptors (Lipinski definition) is 4. The minimum Gasteiger partial charge on any atom is -0.357 e. The smallest absolute Gasteiger partial charge is 0.191 e. The van der Waals surface area contributed by atoms with Gasteiger partial charge in [0.15, 0.2) is 5.96 Å². The van der Waals surface area contributed by atoms with Gasteiger partial charge in [-0.1, -0.05) is 6.92 Å². The van der Waals surface area contributed by atoms with Crippen LogP contribution in [0.15, 0.2) is 4.99 Å². The normalized spacial score (nSPS) is 17.6. The zero-order chi connectivity index (χ0) is 16.4. The van der Waals surface area contributed by atoms with Crippen LogP contribution in [0.5, 0.6) is 0 Å². The molecule has 0 bridgehead atoms. The van der Waals surface area contributed by atoms with Crippen LogP contribution in [-0.2, 0) is 9.84 Å². The topological polar surface area (TPSA) is 73.8 Å². The first-order valence-electron chi connectivity index (χ1n) is 8.33. The molecule has 1 aliphatic rings. The Hall–Kier alpha value is -0.0900. The average molecular weight is 460 g/mol. The summed E-state index contributed by atoms with van der Waals surface area (Å²) < 4.78 is 22.2. The van der Waals surface area contributed by atoms with Crippen LogP contribution in [0.25, 0.3) is 0 Å². The molecule has 0 unspecified atom stereocenters. The van der Waals surface area contributed by atoms with Crippen LogP contribution in [0.3, 0.4) is 0 Å². The van der Waals surface area contributed by atoms with Gasteiger partial charge in [0, 0.05) is 25.9 Å². The molecule has 1 fully saturated rings. The number of nitrogens with one attached hydrogen (secondary N) is 2. The van der Waals surface area contributed by atoms with Crippen molar-refractivity contribution in [2.75, 3.05) is 51.3 Å². The highest BCUT2D eigenvalue weighted by molar-refractivity contribution is 14.0. The number of likely N-dealkylation sites (tertiary alicyclic amines) is 1. The molecule has 1 rings (SSSR count). The summed E-state index contributed by atoms with van der Waals surface area (Å²) in [6.07, 6.45) is 4.90. The van der Waals surface area contributed by atoms with Gasteiger partial charge in [0.1, 0.15) is 9.84 Å². The Labute approximate surface area is 158 Å². The van der Waals surface area contributed by atoms with Crippen LogP contribution < -0.4 is 10.6 Å². The minimum absolute atomic E-state index is 0. The lowest BCUT2D eigenvalue weighted by atomic mass is 9.99. The maximum absolute atomic E-state index is 11.1. The molecule has 2 N–H and O–H groups in total. The Balaban J connectivity index is 0.00000484. The second-order valence-electron chi connectivity index (χ2n) is 6.20. The lowest BCUT2D eigenvalue weighted by Gasteiger charge is -2.29. The number of piperidine rings is 1. The molecular formula is C15H33IN4O2S. The first-order valence-corrected chi connectivity index (χ1v) is 10.4. The summed E-state index contributed by atoms with van der Waals surface area (Å²) in [6, 6.07) is 0. The van der Waals surface area contributed by atoms with Crippen LogP contribution in [-0.4, -0.2) is 70.6 Å². The molecule has 0 amide bonds. The largest absolute Gasteiger partial charge is 0.357 e. The molecule has 1 saturated heterocycles. The van der Waals surface area contributed by atoms with Crippen molar-refractivity contribution < 1.29 is 8.42 Å². The van der Waals surface area contributed by atoms with Crippen molar-refractivity contribution in [2.24, 2.45) is 10.9 Å². The van der Waals surface area contributed by atoms with Gasteiger partial charge in [-0.25, -0.2) is 8.42 Å². The van der Waals surface area contributed by atoms with Crippen LogP contribution in [0.2, 0.25) is 0 Å². The second-order valence-corrected chi connectivity index (χ2v) is 8.45. The van der Waals surface area contributed by atoms with Gasteiger partial charge in [0.2, 0.25) is 0 Å². The van der Waals surface area contributed by atoms with Crippen LogP contribution in [0, 0.1) is 5.92 Å². The van der Waals surface area contributed by atoms with Crippen molar-refractivity contribution >= 4 is 39.8 Å². The summed E-state index contributed by atoms with van der Waals surface area (Å²) in [7, 11) is -2.93. The van der Waals surface area contributed by atoms with Gasteiger partial charge < -0.3 is 15.5 Å². The SMILES string of the molecule is CCNC(=NCCCN1CCC(C)CC1)NCCS(C)(=O)=O.I. The van der Waals surface area contributed by atoms with Gasteiger partial charge >= 0.3 is 0 Å². The van der Waals surface area contributed by atoms with Gasteiger partial charge in [-0.2, -0.15) is 0 Å². The number of halogens is 1. The van der Waals surface area contributed by atoms with Crippen molar-refractivity contribution in [1.29, 1.82) is 0 Å². The quantitative estimate of drug-likeness (QED) is 0.248. The highest BCUT2D eigenvalue weighted by Gasteiger charge is 2.14. The summed E-state index contributed by atoms with van der Waals surface area (Å²) in [5, 5.41) is 6.21. The van der Waals surface area contributed by atoms with E-state index in [9.17, 15) is 8.42 Å². The van der Waals surface area contributed by atoms with Gasteiger partial charge in [0.05, 0.1) is 5.75 Å². The van der Waals surface area contributed by atoms with Crippen molar-refractivity contribution in [1.82, 2.24) is 15.5 Å². The molecule has 0 aromatic heterocycles. The molecular weight excluding hydrogens is 427 g/mol. The molecule has 0 spiro atoms. The second kappa shape index (κ2) is 12.3. The number of guanidine groups is 1. The van der Waals surface area contributed by atoms with Crippen molar-refractivity contribution in [3.8, 4) is 0 Å². The van der Waals surface area contributed by atoms with Crippen molar-refractivity contribution in [3.63, 3.8) is 0 Å². The first-order chi connectivity index (χ1) is 10.4. The number of sulfone groups is 1. The van der Waals surface area contributed by atoms with Crippen LogP contribution >= 0.6 is 24.0 Å². The number of aliphatic imine (C=N–C) groups is 1. The zero-order valence-electron chi connectivity index (χ0n) is 14.7. The Bertz CT molecular complexity index is 435. The molecule has 23 heavy (non-hydrogen) atoms. The molecule has 1 aliphatic heterocycles. The van der Waals surface area contributed by atoms with E-state index in [0.717, 1.165) is 32.0 Å². The molecule has 6 nitrogen and oxygen atoms in total. The third-order valence-electron chi connectivity index (χ3n) is 3.89. The van der Waals surface area contributed by atoms with E-state index in [2.05, 4.69) is 27.4 Å². The summed E-state index contributed by atoms with van der Waals surface area (Å²) in [6.45, 7) is 9.77. The lowest BCUT2D eigenvalue weighted by Crippen LogP contribution is -2.39. The predicted octanol–water partition coefficient (Wildman–Crippen LogP) is 1.33. The summed E-state index contributed by atoms with van der Waals surface area (Å²) >= 11 is 0. The molecule has 0 saturated carbocycles. The standard InChI is InChI=1S/C15H32N4O2S.HI/c1-4-16-15(18-9-13-22(3,20)21)17-8-5-10-19-11-6-14(2)7-12-19;/h14H,4-13H2,1-3H3,(H2,16,17,18);1H. The van der Waals surface area contributed by atoms with E-state index in [0.29, 0.717) is 12.5 Å². The summed E-state index contributed by atoms with van der Waals surface area (Å²) in [4.78, 5) is 7.02. The average Bonchev–Trinajstić information content (AvgIpc) is 2.44. The highest BCUT2D eigenvalue weighted by atomic mass is 127. The molecule has 1 heterocycles.